The highest BCUT2D eigenvalue weighted by atomic mass is 31.2. The van der Waals surface area contributed by atoms with E-state index in [0.29, 0.717) is 25.4 Å². The quantitative estimate of drug-likeness (QED) is 0.0958. The second-order valence-corrected chi connectivity index (χ2v) is 10.3. The van der Waals surface area contributed by atoms with E-state index in [9.17, 15) is 24.2 Å². The normalized spacial score (nSPS) is 14.1. The molecular weight excluding hydrogens is 545 g/mol. The van der Waals surface area contributed by atoms with Crippen LogP contribution in [0.2, 0.25) is 0 Å². The predicted molar refractivity (Wildman–Crippen MR) is 145 cm³/mol. The summed E-state index contributed by atoms with van der Waals surface area (Å²) in [6.07, 6.45) is 2.88. The number of carbonyl (C=O) groups excluding carboxylic acids is 1. The van der Waals surface area contributed by atoms with Crippen molar-refractivity contribution in [2.45, 2.75) is 50.7 Å². The molecule has 2 rings (SSSR count). The largest absolute Gasteiger partial charge is 0.494 e. The van der Waals surface area contributed by atoms with Gasteiger partial charge in [-0.2, -0.15) is 0 Å². The summed E-state index contributed by atoms with van der Waals surface area (Å²) in [5, 5.41) is 18.5. The molecule has 40 heavy (non-hydrogen) atoms. The molecular formula is C27H38NO11P. The third-order valence-corrected chi connectivity index (χ3v) is 6.43. The van der Waals surface area contributed by atoms with Gasteiger partial charge in [-0.15, -0.1) is 0 Å². The van der Waals surface area contributed by atoms with Gasteiger partial charge in [0.1, 0.15) is 30.3 Å². The third kappa shape index (κ3) is 14.4. The number of phosphoric ester groups is 1. The van der Waals surface area contributed by atoms with E-state index in [1.807, 2.05) is 54.6 Å². The number of aliphatic carboxylic acids is 1. The highest BCUT2D eigenvalue weighted by molar-refractivity contribution is 7.47. The third-order valence-electron chi connectivity index (χ3n) is 5.48. The minimum absolute atomic E-state index is 0.0318. The molecule has 222 valence electrons. The molecule has 0 aliphatic rings. The number of hydrogen-bond donors (Lipinski definition) is 4. The summed E-state index contributed by atoms with van der Waals surface area (Å²) in [5.74, 6) is -0.435. The minimum atomic E-state index is -4.64. The van der Waals surface area contributed by atoms with Crippen LogP contribution < -0.4 is 15.2 Å². The molecule has 5 N–H and O–H groups in total. The van der Waals surface area contributed by atoms with E-state index in [2.05, 4.69) is 9.05 Å². The molecule has 2 aromatic rings. The van der Waals surface area contributed by atoms with Crippen molar-refractivity contribution in [1.29, 1.82) is 0 Å². The van der Waals surface area contributed by atoms with Gasteiger partial charge in [0, 0.05) is 6.42 Å². The Morgan fingerprint density at radius 3 is 2.17 bits per heavy atom. The topological polar surface area (TPSA) is 184 Å². The number of esters is 1. The average Bonchev–Trinajstić information content (AvgIpc) is 2.95. The lowest BCUT2D eigenvalue weighted by Crippen LogP contribution is -2.34. The molecule has 2 aromatic carbocycles. The number of benzene rings is 2. The second kappa shape index (κ2) is 18.4. The smallest absolute Gasteiger partial charge is 0.472 e. The Morgan fingerprint density at radius 2 is 1.48 bits per heavy atom. The van der Waals surface area contributed by atoms with Crippen molar-refractivity contribution >= 4 is 19.8 Å². The van der Waals surface area contributed by atoms with Crippen molar-refractivity contribution in [3.05, 3.63) is 60.2 Å². The molecule has 0 aliphatic heterocycles. The van der Waals surface area contributed by atoms with Crippen LogP contribution in [0.15, 0.2) is 54.6 Å². The van der Waals surface area contributed by atoms with E-state index in [1.165, 1.54) is 0 Å². The summed E-state index contributed by atoms with van der Waals surface area (Å²) in [6, 6.07) is 15.6. The maximum absolute atomic E-state index is 12.1. The van der Waals surface area contributed by atoms with Gasteiger partial charge in [-0.05, 0) is 55.9 Å². The Kier molecular flexibility index (Phi) is 15.3. The summed E-state index contributed by atoms with van der Waals surface area (Å²) in [7, 11) is -4.64. The number of aliphatic hydroxyl groups is 1. The molecule has 0 bridgehead atoms. The molecule has 3 atom stereocenters. The standard InChI is InChI=1S/C27H38NO11P/c28-24(27(31)32)20-39-40(33,34)38-19-22(29)18-37-26(30)15-14-21-10-6-7-13-25(21)36-17-9-2-1-8-16-35-23-11-4-3-5-12-23/h3-7,10-13,22,24,29H,1-2,8-9,14-20,28H2,(H,31,32)(H,33,34)/t22-,24+/m1/s1. The van der Waals surface area contributed by atoms with E-state index in [1.54, 1.807) is 0 Å². The maximum Gasteiger partial charge on any atom is 0.472 e. The van der Waals surface area contributed by atoms with Crippen molar-refractivity contribution < 1.29 is 52.5 Å². The van der Waals surface area contributed by atoms with E-state index in [0.717, 1.165) is 37.0 Å². The monoisotopic (exact) mass is 583 g/mol. The van der Waals surface area contributed by atoms with Gasteiger partial charge in [0.25, 0.3) is 0 Å². The molecule has 0 aliphatic carbocycles. The van der Waals surface area contributed by atoms with Crippen LogP contribution in [0, 0.1) is 0 Å². The zero-order chi connectivity index (χ0) is 29.2. The van der Waals surface area contributed by atoms with Gasteiger partial charge in [-0.25, -0.2) is 4.57 Å². The Hall–Kier alpha value is -2.99. The van der Waals surface area contributed by atoms with Gasteiger partial charge in [-0.1, -0.05) is 36.4 Å². The van der Waals surface area contributed by atoms with Gasteiger partial charge in [0.05, 0.1) is 26.4 Å². The van der Waals surface area contributed by atoms with Crippen molar-refractivity contribution in [1.82, 2.24) is 0 Å². The average molecular weight is 584 g/mol. The fourth-order valence-electron chi connectivity index (χ4n) is 3.31. The number of aliphatic hydroxyl groups excluding tert-OH is 1. The number of carboxylic acids is 1. The lowest BCUT2D eigenvalue weighted by Gasteiger charge is -2.16. The number of nitrogens with two attached hydrogens (primary N) is 1. The number of hydrogen-bond acceptors (Lipinski definition) is 10. The summed E-state index contributed by atoms with van der Waals surface area (Å²) in [6.45, 7) is -0.686. The summed E-state index contributed by atoms with van der Waals surface area (Å²) < 4.78 is 37.3. The molecule has 0 saturated heterocycles. The highest BCUT2D eigenvalue weighted by Gasteiger charge is 2.26. The van der Waals surface area contributed by atoms with Crippen LogP contribution in [0.1, 0.15) is 37.7 Å². The van der Waals surface area contributed by atoms with Crippen LogP contribution in [0.4, 0.5) is 0 Å². The van der Waals surface area contributed by atoms with Gasteiger partial charge in [-0.3, -0.25) is 18.6 Å². The molecule has 1 unspecified atom stereocenters. The van der Waals surface area contributed by atoms with Crippen molar-refractivity contribution in [2.75, 3.05) is 33.0 Å². The first kappa shape index (κ1) is 33.2. The first-order chi connectivity index (χ1) is 19.2. The predicted octanol–water partition coefficient (Wildman–Crippen LogP) is 3.09. The molecule has 0 heterocycles. The number of carboxylic acid groups (broad SMARTS) is 1. The zero-order valence-electron chi connectivity index (χ0n) is 22.3. The molecule has 0 amide bonds. The van der Waals surface area contributed by atoms with Crippen LogP contribution in [0.3, 0.4) is 0 Å². The van der Waals surface area contributed by atoms with E-state index < -0.39 is 51.7 Å². The number of unbranched alkanes of at least 4 members (excludes halogenated alkanes) is 3. The molecule has 0 radical (unpaired) electrons. The number of carbonyl (C=O) groups is 2. The van der Waals surface area contributed by atoms with Crippen LogP contribution in [-0.4, -0.2) is 72.2 Å². The highest BCUT2D eigenvalue weighted by Crippen LogP contribution is 2.43. The molecule has 0 fully saturated rings. The molecule has 0 spiro atoms. The number of phosphoric acid groups is 1. The number of para-hydroxylation sites is 2. The molecule has 0 aromatic heterocycles. The van der Waals surface area contributed by atoms with Crippen molar-refractivity contribution in [3.63, 3.8) is 0 Å². The Labute approximate surface area is 233 Å². The van der Waals surface area contributed by atoms with Gasteiger partial charge in [0.2, 0.25) is 0 Å². The Morgan fingerprint density at radius 1 is 0.850 bits per heavy atom. The lowest BCUT2D eigenvalue weighted by molar-refractivity contribution is -0.147. The van der Waals surface area contributed by atoms with Crippen LogP contribution >= 0.6 is 7.82 Å². The minimum Gasteiger partial charge on any atom is -0.494 e. The maximum atomic E-state index is 12.1. The van der Waals surface area contributed by atoms with Crippen molar-refractivity contribution in [3.8, 4) is 11.5 Å². The Bertz CT molecular complexity index is 1070. The van der Waals surface area contributed by atoms with Crippen molar-refractivity contribution in [2.24, 2.45) is 5.73 Å². The van der Waals surface area contributed by atoms with Crippen LogP contribution in [0.5, 0.6) is 11.5 Å². The van der Waals surface area contributed by atoms with Crippen LogP contribution in [-0.2, 0) is 34.4 Å². The summed E-state index contributed by atoms with van der Waals surface area (Å²) >= 11 is 0. The fraction of sp³-hybridized carbons (Fsp3) is 0.481. The number of ether oxygens (including phenoxy) is 3. The van der Waals surface area contributed by atoms with Gasteiger partial charge < -0.3 is 35.1 Å². The second-order valence-electron chi connectivity index (χ2n) is 8.87. The summed E-state index contributed by atoms with van der Waals surface area (Å²) in [5.41, 5.74) is 6.02. The lowest BCUT2D eigenvalue weighted by atomic mass is 10.1. The summed E-state index contributed by atoms with van der Waals surface area (Å²) in [4.78, 5) is 32.2. The van der Waals surface area contributed by atoms with E-state index >= 15 is 0 Å². The van der Waals surface area contributed by atoms with Gasteiger partial charge >= 0.3 is 19.8 Å². The molecule has 0 saturated carbocycles. The molecule has 12 nitrogen and oxygen atoms in total. The van der Waals surface area contributed by atoms with Crippen LogP contribution in [0.25, 0.3) is 0 Å². The zero-order valence-corrected chi connectivity index (χ0v) is 23.2. The fourth-order valence-corrected chi connectivity index (χ4v) is 4.09. The van der Waals surface area contributed by atoms with E-state index in [4.69, 9.17) is 25.1 Å². The van der Waals surface area contributed by atoms with E-state index in [-0.39, 0.29) is 6.42 Å². The number of rotatable bonds is 21. The van der Waals surface area contributed by atoms with Gasteiger partial charge in [0.15, 0.2) is 0 Å². The first-order valence-corrected chi connectivity index (χ1v) is 14.5. The Balaban J connectivity index is 1.59. The molecule has 13 heteroatoms. The number of aryl methyl sites for hydroxylation is 1. The first-order valence-electron chi connectivity index (χ1n) is 13.0. The SMILES string of the molecule is N[C@@H](COP(=O)(O)OC[C@H](O)COC(=O)CCc1ccccc1OCCCCCCOc1ccccc1)C(=O)O.